The molecule has 2 aromatic heterocycles. The van der Waals surface area contributed by atoms with Crippen LogP contribution in [0.2, 0.25) is 0 Å². The number of carbonyl (C=O) groups excluding carboxylic acids is 1. The molecular weight excluding hydrogens is 434 g/mol. The SMILES string of the molecule is CSc1nc2ccc(NC(=O)C3CCCCN3S(=O)(=O)c3cccs3)cc2s1. The fourth-order valence-corrected chi connectivity index (χ4v) is 7.58. The number of fused-ring (bicyclic) bond motifs is 1. The minimum atomic E-state index is -3.66. The summed E-state index contributed by atoms with van der Waals surface area (Å²) < 4.78 is 29.5. The van der Waals surface area contributed by atoms with Gasteiger partial charge in [-0.25, -0.2) is 13.4 Å². The first-order chi connectivity index (χ1) is 13.5. The lowest BCUT2D eigenvalue weighted by Gasteiger charge is -2.33. The number of piperidine rings is 1. The van der Waals surface area contributed by atoms with Gasteiger partial charge < -0.3 is 5.32 Å². The summed E-state index contributed by atoms with van der Waals surface area (Å²) in [6, 6.07) is 8.19. The average Bonchev–Trinajstić information content (AvgIpc) is 3.37. The first-order valence-corrected chi connectivity index (χ1v) is 13.2. The molecule has 1 N–H and O–H groups in total. The number of aromatic nitrogens is 1. The number of nitrogens with zero attached hydrogens (tertiary/aromatic N) is 2. The van der Waals surface area contributed by atoms with Crippen LogP contribution in [0.25, 0.3) is 10.2 Å². The second kappa shape index (κ2) is 8.11. The van der Waals surface area contributed by atoms with Crippen molar-refractivity contribution < 1.29 is 13.2 Å². The number of carbonyl (C=O) groups is 1. The predicted octanol–water partition coefficient (Wildman–Crippen LogP) is 4.26. The van der Waals surface area contributed by atoms with E-state index in [2.05, 4.69) is 10.3 Å². The molecule has 1 fully saturated rings. The third-order valence-electron chi connectivity index (χ3n) is 4.63. The zero-order valence-electron chi connectivity index (χ0n) is 15.1. The molecule has 4 rings (SSSR count). The minimum absolute atomic E-state index is 0.280. The summed E-state index contributed by atoms with van der Waals surface area (Å²) in [5, 5.41) is 4.64. The summed E-state index contributed by atoms with van der Waals surface area (Å²) in [5.74, 6) is -0.284. The number of thioether (sulfide) groups is 1. The van der Waals surface area contributed by atoms with Crippen LogP contribution in [0, 0.1) is 0 Å². The molecule has 3 heterocycles. The van der Waals surface area contributed by atoms with E-state index in [4.69, 9.17) is 0 Å². The second-order valence-electron chi connectivity index (χ2n) is 6.42. The van der Waals surface area contributed by atoms with Crippen molar-refractivity contribution in [3.63, 3.8) is 0 Å². The molecule has 1 aliphatic rings. The third kappa shape index (κ3) is 3.84. The summed E-state index contributed by atoms with van der Waals surface area (Å²) in [4.78, 5) is 17.5. The van der Waals surface area contributed by atoms with Crippen molar-refractivity contribution in [2.75, 3.05) is 18.1 Å². The third-order valence-corrected chi connectivity index (χ3v) is 9.91. The molecule has 0 aliphatic carbocycles. The van der Waals surface area contributed by atoms with Crippen LogP contribution in [-0.2, 0) is 14.8 Å². The molecule has 28 heavy (non-hydrogen) atoms. The van der Waals surface area contributed by atoms with E-state index in [0.29, 0.717) is 18.7 Å². The van der Waals surface area contributed by atoms with Crippen molar-refractivity contribution in [3.05, 3.63) is 35.7 Å². The Labute approximate surface area is 176 Å². The Morgan fingerprint density at radius 1 is 1.32 bits per heavy atom. The summed E-state index contributed by atoms with van der Waals surface area (Å²) >= 11 is 4.34. The maximum absolute atomic E-state index is 13.0. The van der Waals surface area contributed by atoms with Gasteiger partial charge in [-0.1, -0.05) is 24.2 Å². The van der Waals surface area contributed by atoms with Crippen LogP contribution in [0.4, 0.5) is 5.69 Å². The van der Waals surface area contributed by atoms with E-state index in [1.54, 1.807) is 40.6 Å². The molecule has 1 saturated heterocycles. The summed E-state index contributed by atoms with van der Waals surface area (Å²) in [7, 11) is -3.66. The number of thiophene rings is 1. The molecule has 1 unspecified atom stereocenters. The molecule has 1 amide bonds. The Balaban J connectivity index is 1.57. The largest absolute Gasteiger partial charge is 0.325 e. The summed E-state index contributed by atoms with van der Waals surface area (Å²) in [6.45, 7) is 0.364. The number of hydrogen-bond acceptors (Lipinski definition) is 7. The normalized spacial score (nSPS) is 18.4. The van der Waals surface area contributed by atoms with Crippen molar-refractivity contribution in [2.45, 2.75) is 33.9 Å². The number of hydrogen-bond donors (Lipinski definition) is 1. The monoisotopic (exact) mass is 453 g/mol. The maximum atomic E-state index is 13.0. The number of thiazole rings is 1. The van der Waals surface area contributed by atoms with E-state index in [0.717, 1.165) is 27.4 Å². The molecule has 0 saturated carbocycles. The topological polar surface area (TPSA) is 79.4 Å². The van der Waals surface area contributed by atoms with Crippen LogP contribution in [0.15, 0.2) is 44.3 Å². The molecule has 1 aliphatic heterocycles. The van der Waals surface area contributed by atoms with E-state index >= 15 is 0 Å². The van der Waals surface area contributed by atoms with E-state index in [-0.39, 0.29) is 10.1 Å². The second-order valence-corrected chi connectivity index (χ2v) is 11.6. The molecule has 0 radical (unpaired) electrons. The Hall–Kier alpha value is -1.46. The highest BCUT2D eigenvalue weighted by molar-refractivity contribution is 8.00. The van der Waals surface area contributed by atoms with Crippen LogP contribution in [0.3, 0.4) is 0 Å². The highest BCUT2D eigenvalue weighted by atomic mass is 32.2. The molecule has 1 atom stereocenters. The van der Waals surface area contributed by atoms with Gasteiger partial charge in [0.05, 0.1) is 10.2 Å². The number of amides is 1. The van der Waals surface area contributed by atoms with Gasteiger partial charge in [-0.3, -0.25) is 4.79 Å². The highest BCUT2D eigenvalue weighted by Gasteiger charge is 2.38. The van der Waals surface area contributed by atoms with Crippen LogP contribution >= 0.6 is 34.4 Å². The van der Waals surface area contributed by atoms with Gasteiger partial charge in [0.15, 0.2) is 4.34 Å². The Morgan fingerprint density at radius 2 is 2.18 bits per heavy atom. The molecule has 0 bridgehead atoms. The zero-order chi connectivity index (χ0) is 19.7. The summed E-state index contributed by atoms with van der Waals surface area (Å²) in [5.41, 5.74) is 1.56. The lowest BCUT2D eigenvalue weighted by Crippen LogP contribution is -2.49. The van der Waals surface area contributed by atoms with Gasteiger partial charge in [0.25, 0.3) is 10.0 Å². The van der Waals surface area contributed by atoms with E-state index in [1.165, 1.54) is 15.6 Å². The predicted molar refractivity (Wildman–Crippen MR) is 116 cm³/mol. The lowest BCUT2D eigenvalue weighted by atomic mass is 10.0. The van der Waals surface area contributed by atoms with Crippen LogP contribution in [0.1, 0.15) is 19.3 Å². The first kappa shape index (κ1) is 19.8. The quantitative estimate of drug-likeness (QED) is 0.584. The number of nitrogens with one attached hydrogen (secondary N) is 1. The molecule has 0 spiro atoms. The standard InChI is InChI=1S/C18H19N3O3S4/c1-25-18-20-13-8-7-12(11-15(13)27-18)19-17(22)14-5-2-3-9-21(14)28(23,24)16-6-4-10-26-16/h4,6-8,10-11,14H,2-3,5,9H2,1H3,(H,19,22). The van der Waals surface area contributed by atoms with Gasteiger partial charge in [0.2, 0.25) is 5.91 Å². The van der Waals surface area contributed by atoms with Crippen molar-refractivity contribution >= 4 is 66.3 Å². The van der Waals surface area contributed by atoms with Crippen molar-refractivity contribution in [3.8, 4) is 0 Å². The van der Waals surface area contributed by atoms with Crippen LogP contribution in [0.5, 0.6) is 0 Å². The van der Waals surface area contributed by atoms with Crippen LogP contribution in [-0.4, -0.2) is 42.5 Å². The van der Waals surface area contributed by atoms with Gasteiger partial charge in [0.1, 0.15) is 10.3 Å². The zero-order valence-corrected chi connectivity index (χ0v) is 18.4. The maximum Gasteiger partial charge on any atom is 0.253 e. The molecule has 10 heteroatoms. The first-order valence-electron chi connectivity index (χ1n) is 8.80. The fraction of sp³-hybridized carbons (Fsp3) is 0.333. The van der Waals surface area contributed by atoms with E-state index in [1.807, 2.05) is 24.5 Å². The Bertz CT molecular complexity index is 1090. The molecular formula is C18H19N3O3S4. The van der Waals surface area contributed by atoms with Gasteiger partial charge in [-0.05, 0) is 48.7 Å². The molecule has 1 aromatic carbocycles. The Morgan fingerprint density at radius 3 is 2.93 bits per heavy atom. The average molecular weight is 454 g/mol. The smallest absolute Gasteiger partial charge is 0.253 e. The summed E-state index contributed by atoms with van der Waals surface area (Å²) in [6.07, 6.45) is 4.10. The molecule has 148 valence electrons. The highest BCUT2D eigenvalue weighted by Crippen LogP contribution is 2.31. The fourth-order valence-electron chi connectivity index (χ4n) is 3.27. The number of rotatable bonds is 5. The van der Waals surface area contributed by atoms with Crippen molar-refractivity contribution in [1.82, 2.24) is 9.29 Å². The van der Waals surface area contributed by atoms with Crippen molar-refractivity contribution in [1.29, 1.82) is 0 Å². The van der Waals surface area contributed by atoms with E-state index < -0.39 is 16.1 Å². The number of benzene rings is 1. The van der Waals surface area contributed by atoms with Gasteiger partial charge in [-0.2, -0.15) is 4.31 Å². The lowest BCUT2D eigenvalue weighted by molar-refractivity contribution is -0.120. The van der Waals surface area contributed by atoms with Crippen molar-refractivity contribution in [2.24, 2.45) is 0 Å². The van der Waals surface area contributed by atoms with Gasteiger partial charge in [0, 0.05) is 12.2 Å². The number of anilines is 1. The molecule has 3 aromatic rings. The van der Waals surface area contributed by atoms with E-state index in [9.17, 15) is 13.2 Å². The van der Waals surface area contributed by atoms with Gasteiger partial charge >= 0.3 is 0 Å². The van der Waals surface area contributed by atoms with Crippen LogP contribution < -0.4 is 5.32 Å². The van der Waals surface area contributed by atoms with Gasteiger partial charge in [-0.15, -0.1) is 22.7 Å². The Kier molecular flexibility index (Phi) is 5.75. The number of sulfonamides is 1. The molecule has 6 nitrogen and oxygen atoms in total. The minimum Gasteiger partial charge on any atom is -0.325 e.